The molecule has 0 N–H and O–H groups in total. The van der Waals surface area contributed by atoms with Crippen molar-refractivity contribution in [3.8, 4) is 5.75 Å². The smallest absolute Gasteiger partial charge is 0.157 e. The summed E-state index contributed by atoms with van der Waals surface area (Å²) in [4.78, 5) is 0. The summed E-state index contributed by atoms with van der Waals surface area (Å²) in [5.41, 5.74) is 0.246. The highest BCUT2D eigenvalue weighted by Gasteiger charge is 2.25. The number of aryl methyl sites for hydroxylation is 1. The van der Waals surface area contributed by atoms with E-state index in [1.54, 1.807) is 10.9 Å². The summed E-state index contributed by atoms with van der Waals surface area (Å²) >= 11 is 3.57. The number of hydrogen-bond acceptors (Lipinski definition) is 2. The van der Waals surface area contributed by atoms with Crippen molar-refractivity contribution in [1.29, 1.82) is 0 Å². The Kier molecular flexibility index (Phi) is 4.64. The van der Waals surface area contributed by atoms with Crippen LogP contribution in [-0.4, -0.2) is 21.7 Å². The minimum absolute atomic E-state index is 0.246. The van der Waals surface area contributed by atoms with Crippen LogP contribution in [0, 0.1) is 5.41 Å². The maximum absolute atomic E-state index is 5.75. The highest BCUT2D eigenvalue weighted by molar-refractivity contribution is 9.09. The van der Waals surface area contributed by atoms with Crippen LogP contribution >= 0.6 is 15.9 Å². The Morgan fingerprint density at radius 2 is 2.13 bits per heavy atom. The first-order valence-electron chi connectivity index (χ1n) is 5.33. The molecule has 0 unspecified atom stereocenters. The van der Waals surface area contributed by atoms with Gasteiger partial charge in [0.2, 0.25) is 0 Å². The van der Waals surface area contributed by atoms with Crippen LogP contribution in [0.3, 0.4) is 0 Å². The summed E-state index contributed by atoms with van der Waals surface area (Å²) in [7, 11) is 1.89. The maximum atomic E-state index is 5.75. The van der Waals surface area contributed by atoms with Crippen molar-refractivity contribution in [1.82, 2.24) is 9.78 Å². The van der Waals surface area contributed by atoms with Gasteiger partial charge in [0.25, 0.3) is 0 Å². The molecule has 1 rings (SSSR count). The van der Waals surface area contributed by atoms with Crippen LogP contribution in [0.2, 0.25) is 0 Å². The standard InChI is InChI=1S/C11H19BrN2O/c1-4-11(5-2,8-12)9-15-10-6-13-14(3)7-10/h6-7H,4-5,8-9H2,1-3H3. The number of nitrogens with zero attached hydrogens (tertiary/aromatic N) is 2. The fourth-order valence-corrected chi connectivity index (χ4v) is 2.35. The van der Waals surface area contributed by atoms with Gasteiger partial charge in [-0.25, -0.2) is 0 Å². The quantitative estimate of drug-likeness (QED) is 0.746. The molecular formula is C11H19BrN2O. The molecule has 0 radical (unpaired) electrons. The topological polar surface area (TPSA) is 27.1 Å². The fourth-order valence-electron chi connectivity index (χ4n) is 1.39. The first-order chi connectivity index (χ1) is 7.15. The minimum atomic E-state index is 0.246. The van der Waals surface area contributed by atoms with Crippen molar-refractivity contribution in [3.63, 3.8) is 0 Å². The van der Waals surface area contributed by atoms with Gasteiger partial charge < -0.3 is 4.74 Å². The molecule has 1 aromatic rings. The molecule has 0 saturated carbocycles. The normalized spacial score (nSPS) is 11.7. The van der Waals surface area contributed by atoms with Gasteiger partial charge in [-0.2, -0.15) is 5.10 Å². The van der Waals surface area contributed by atoms with E-state index in [9.17, 15) is 0 Å². The van der Waals surface area contributed by atoms with Gasteiger partial charge in [0.15, 0.2) is 5.75 Å². The molecule has 0 aliphatic heterocycles. The molecule has 0 spiro atoms. The van der Waals surface area contributed by atoms with Crippen molar-refractivity contribution in [2.24, 2.45) is 12.5 Å². The molecule has 4 heteroatoms. The summed E-state index contributed by atoms with van der Waals surface area (Å²) in [5.74, 6) is 0.852. The number of aromatic nitrogens is 2. The first-order valence-corrected chi connectivity index (χ1v) is 6.45. The zero-order valence-electron chi connectivity index (χ0n) is 9.66. The van der Waals surface area contributed by atoms with Gasteiger partial charge in [-0.3, -0.25) is 4.68 Å². The fraction of sp³-hybridized carbons (Fsp3) is 0.727. The highest BCUT2D eigenvalue weighted by Crippen LogP contribution is 2.29. The van der Waals surface area contributed by atoms with Crippen LogP contribution in [0.4, 0.5) is 0 Å². The van der Waals surface area contributed by atoms with Crippen molar-refractivity contribution < 1.29 is 4.74 Å². The molecule has 86 valence electrons. The highest BCUT2D eigenvalue weighted by atomic mass is 79.9. The number of alkyl halides is 1. The van der Waals surface area contributed by atoms with Gasteiger partial charge >= 0.3 is 0 Å². The Hall–Kier alpha value is -0.510. The second kappa shape index (κ2) is 5.54. The molecular weight excluding hydrogens is 256 g/mol. The Labute approximate surface area is 99.9 Å². The van der Waals surface area contributed by atoms with Crippen LogP contribution in [-0.2, 0) is 7.05 Å². The number of ether oxygens (including phenoxy) is 1. The van der Waals surface area contributed by atoms with Crippen molar-refractivity contribution >= 4 is 15.9 Å². The molecule has 3 nitrogen and oxygen atoms in total. The summed E-state index contributed by atoms with van der Waals surface area (Å²) in [6.45, 7) is 5.16. The Balaban J connectivity index is 2.54. The van der Waals surface area contributed by atoms with Crippen molar-refractivity contribution in [2.45, 2.75) is 26.7 Å². The van der Waals surface area contributed by atoms with Gasteiger partial charge in [-0.15, -0.1) is 0 Å². The minimum Gasteiger partial charge on any atom is -0.490 e. The van der Waals surface area contributed by atoms with E-state index in [4.69, 9.17) is 4.74 Å². The van der Waals surface area contributed by atoms with Crippen LogP contribution in [0.5, 0.6) is 5.75 Å². The lowest BCUT2D eigenvalue weighted by Crippen LogP contribution is -2.28. The molecule has 0 aliphatic rings. The predicted octanol–water partition coefficient (Wildman–Crippen LogP) is 3.00. The monoisotopic (exact) mass is 274 g/mol. The third kappa shape index (κ3) is 3.23. The van der Waals surface area contributed by atoms with E-state index in [2.05, 4.69) is 34.9 Å². The third-order valence-electron chi connectivity index (χ3n) is 3.01. The van der Waals surface area contributed by atoms with E-state index in [1.807, 2.05) is 13.2 Å². The summed E-state index contributed by atoms with van der Waals surface area (Å²) in [6, 6.07) is 0. The van der Waals surface area contributed by atoms with E-state index in [1.165, 1.54) is 0 Å². The zero-order chi connectivity index (χ0) is 11.3. The molecule has 0 atom stereocenters. The van der Waals surface area contributed by atoms with E-state index in [0.717, 1.165) is 30.5 Å². The van der Waals surface area contributed by atoms with Crippen molar-refractivity contribution in [2.75, 3.05) is 11.9 Å². The summed E-state index contributed by atoms with van der Waals surface area (Å²) in [6.07, 6.45) is 5.89. The lowest BCUT2D eigenvalue weighted by Gasteiger charge is -2.28. The molecule has 1 aromatic heterocycles. The molecule has 0 aromatic carbocycles. The van der Waals surface area contributed by atoms with Crippen LogP contribution in [0.15, 0.2) is 12.4 Å². The molecule has 0 bridgehead atoms. The second-order valence-corrected chi connectivity index (χ2v) is 4.54. The van der Waals surface area contributed by atoms with Gasteiger partial charge in [-0.1, -0.05) is 29.8 Å². The molecule has 15 heavy (non-hydrogen) atoms. The molecule has 0 saturated heterocycles. The second-order valence-electron chi connectivity index (χ2n) is 3.98. The lowest BCUT2D eigenvalue weighted by atomic mass is 9.86. The Morgan fingerprint density at radius 1 is 1.47 bits per heavy atom. The van der Waals surface area contributed by atoms with Gasteiger partial charge in [0.05, 0.1) is 19.0 Å². The number of hydrogen-bond donors (Lipinski definition) is 0. The average molecular weight is 275 g/mol. The van der Waals surface area contributed by atoms with Gasteiger partial charge in [0.1, 0.15) is 0 Å². The van der Waals surface area contributed by atoms with Crippen molar-refractivity contribution in [3.05, 3.63) is 12.4 Å². The molecule has 0 fully saturated rings. The van der Waals surface area contributed by atoms with Gasteiger partial charge in [-0.05, 0) is 12.8 Å². The molecule has 1 heterocycles. The van der Waals surface area contributed by atoms with E-state index >= 15 is 0 Å². The van der Waals surface area contributed by atoms with Crippen LogP contribution in [0.1, 0.15) is 26.7 Å². The SMILES string of the molecule is CCC(CC)(CBr)COc1cnn(C)c1. The van der Waals surface area contributed by atoms with Gasteiger partial charge in [0, 0.05) is 17.8 Å². The van der Waals surface area contributed by atoms with E-state index < -0.39 is 0 Å². The zero-order valence-corrected chi connectivity index (χ0v) is 11.2. The lowest BCUT2D eigenvalue weighted by molar-refractivity contribution is 0.158. The maximum Gasteiger partial charge on any atom is 0.157 e. The number of rotatable bonds is 6. The predicted molar refractivity (Wildman–Crippen MR) is 65.5 cm³/mol. The van der Waals surface area contributed by atoms with E-state index in [0.29, 0.717) is 0 Å². The summed E-state index contributed by atoms with van der Waals surface area (Å²) in [5, 5.41) is 5.05. The van der Waals surface area contributed by atoms with Crippen LogP contribution < -0.4 is 4.74 Å². The Bertz CT molecular complexity index is 286. The summed E-state index contributed by atoms with van der Waals surface area (Å²) < 4.78 is 7.50. The molecule has 0 aliphatic carbocycles. The third-order valence-corrected chi connectivity index (χ3v) is 4.20. The van der Waals surface area contributed by atoms with Crippen LogP contribution in [0.25, 0.3) is 0 Å². The average Bonchev–Trinajstić information content (AvgIpc) is 2.67. The Morgan fingerprint density at radius 3 is 2.53 bits per heavy atom. The van der Waals surface area contributed by atoms with E-state index in [-0.39, 0.29) is 5.41 Å². The molecule has 0 amide bonds. The largest absolute Gasteiger partial charge is 0.490 e. The first kappa shape index (κ1) is 12.6. The number of halogens is 1.